The molecule has 3 aromatic rings. The molecule has 3 heteroatoms. The van der Waals surface area contributed by atoms with E-state index < -0.39 is 0 Å². The van der Waals surface area contributed by atoms with Crippen LogP contribution in [0.2, 0.25) is 0 Å². The Morgan fingerprint density at radius 1 is 0.800 bits per heavy atom. The molecule has 0 fully saturated rings. The van der Waals surface area contributed by atoms with Crippen molar-refractivity contribution >= 4 is 22.8 Å². The second-order valence-corrected chi connectivity index (χ2v) is 6.27. The normalized spacial score (nSPS) is 10.2. The van der Waals surface area contributed by atoms with Crippen molar-refractivity contribution in [2.45, 2.75) is 27.3 Å². The minimum absolute atomic E-state index is 0. The lowest BCUT2D eigenvalue weighted by atomic mass is 10.0. The van der Waals surface area contributed by atoms with E-state index in [2.05, 4.69) is 35.8 Å². The molecule has 0 aliphatic heterocycles. The third-order valence-electron chi connectivity index (χ3n) is 4.34. The zero-order valence-electron chi connectivity index (χ0n) is 14.8. The molecule has 0 aliphatic carbocycles. The fourth-order valence-electron chi connectivity index (χ4n) is 3.10. The van der Waals surface area contributed by atoms with Gasteiger partial charge in [-0.3, -0.25) is 4.79 Å². The van der Waals surface area contributed by atoms with E-state index in [-0.39, 0.29) is 22.8 Å². The predicted octanol–water partition coefficient (Wildman–Crippen LogP) is 5.03. The van der Waals surface area contributed by atoms with Crippen molar-refractivity contribution in [2.75, 3.05) is 0 Å². The first-order valence-corrected chi connectivity index (χ1v) is 8.21. The first kappa shape index (κ1) is 19.1. The van der Waals surface area contributed by atoms with Crippen molar-refractivity contribution in [3.8, 4) is 11.1 Å². The maximum atomic E-state index is 12.6. The minimum Gasteiger partial charge on any atom is -0.287 e. The summed E-state index contributed by atoms with van der Waals surface area (Å²) >= 11 is 0. The van der Waals surface area contributed by atoms with Crippen LogP contribution in [0.3, 0.4) is 0 Å². The Labute approximate surface area is 159 Å². The number of hydrogen-bond donors (Lipinski definition) is 0. The summed E-state index contributed by atoms with van der Waals surface area (Å²) in [6, 6.07) is 22.3. The van der Waals surface area contributed by atoms with Gasteiger partial charge in [0.05, 0.1) is 0 Å². The SMILES string of the molecule is Br.Cc1cc(C)[n+](CC(=O)c2ccc(-c3ccccc3)cc2)c(C)c1. The smallest absolute Gasteiger partial charge is 0.227 e. The number of carbonyl (C=O) groups excluding carboxylic acids is 1. The van der Waals surface area contributed by atoms with Crippen LogP contribution in [0.25, 0.3) is 11.1 Å². The van der Waals surface area contributed by atoms with Gasteiger partial charge in [0.2, 0.25) is 12.3 Å². The largest absolute Gasteiger partial charge is 0.287 e. The van der Waals surface area contributed by atoms with Gasteiger partial charge in [-0.15, -0.1) is 17.0 Å². The van der Waals surface area contributed by atoms with Crippen LogP contribution in [0.15, 0.2) is 66.7 Å². The van der Waals surface area contributed by atoms with E-state index >= 15 is 0 Å². The number of ketones is 1. The highest BCUT2D eigenvalue weighted by molar-refractivity contribution is 8.93. The van der Waals surface area contributed by atoms with E-state index in [0.29, 0.717) is 6.54 Å². The average Bonchev–Trinajstić information content (AvgIpc) is 2.59. The van der Waals surface area contributed by atoms with Crippen LogP contribution in [-0.4, -0.2) is 5.78 Å². The molecular weight excluding hydrogens is 374 g/mol. The Hall–Kier alpha value is -2.26. The van der Waals surface area contributed by atoms with Gasteiger partial charge in [-0.1, -0.05) is 54.6 Å². The third kappa shape index (κ3) is 4.43. The first-order chi connectivity index (χ1) is 11.5. The van der Waals surface area contributed by atoms with Crippen LogP contribution in [0.1, 0.15) is 27.3 Å². The average molecular weight is 397 g/mol. The van der Waals surface area contributed by atoms with Crippen molar-refractivity contribution in [1.82, 2.24) is 0 Å². The van der Waals surface area contributed by atoms with Gasteiger partial charge in [-0.25, -0.2) is 0 Å². The Balaban J connectivity index is 0.00000225. The van der Waals surface area contributed by atoms with Gasteiger partial charge < -0.3 is 0 Å². The molecule has 0 spiro atoms. The number of benzene rings is 2. The Morgan fingerprint density at radius 2 is 1.32 bits per heavy atom. The fraction of sp³-hybridized carbons (Fsp3) is 0.182. The Bertz CT molecular complexity index is 847. The molecule has 0 unspecified atom stereocenters. The number of halogens is 1. The van der Waals surface area contributed by atoms with Crippen molar-refractivity contribution in [2.24, 2.45) is 0 Å². The maximum Gasteiger partial charge on any atom is 0.227 e. The van der Waals surface area contributed by atoms with Gasteiger partial charge in [0.1, 0.15) is 0 Å². The molecule has 0 aliphatic rings. The van der Waals surface area contributed by atoms with Crippen LogP contribution in [-0.2, 0) is 6.54 Å². The van der Waals surface area contributed by atoms with Crippen molar-refractivity contribution in [1.29, 1.82) is 0 Å². The van der Waals surface area contributed by atoms with E-state index in [9.17, 15) is 4.79 Å². The number of pyridine rings is 1. The van der Waals surface area contributed by atoms with Gasteiger partial charge in [-0.2, -0.15) is 4.57 Å². The number of nitrogens with zero attached hydrogens (tertiary/aromatic N) is 1. The Kier molecular flexibility index (Phi) is 6.27. The standard InChI is InChI=1S/C22H22NO.BrH/c1-16-13-17(2)23(18(3)14-16)15-22(24)21-11-9-20(10-12-21)19-7-5-4-6-8-19;/h4-14H,15H2,1-3H3;1H/q+1;. The third-order valence-corrected chi connectivity index (χ3v) is 4.34. The molecule has 128 valence electrons. The van der Waals surface area contributed by atoms with Crippen LogP contribution in [0.5, 0.6) is 0 Å². The highest BCUT2D eigenvalue weighted by Gasteiger charge is 2.17. The summed E-state index contributed by atoms with van der Waals surface area (Å²) in [5.41, 5.74) is 6.49. The van der Waals surface area contributed by atoms with Gasteiger partial charge in [-0.05, 0) is 23.6 Å². The second-order valence-electron chi connectivity index (χ2n) is 6.27. The van der Waals surface area contributed by atoms with Crippen LogP contribution in [0, 0.1) is 20.8 Å². The highest BCUT2D eigenvalue weighted by Crippen LogP contribution is 2.19. The van der Waals surface area contributed by atoms with Gasteiger partial charge in [0, 0.05) is 31.5 Å². The molecule has 0 radical (unpaired) electrons. The van der Waals surface area contributed by atoms with Crippen LogP contribution in [0.4, 0.5) is 0 Å². The molecule has 0 amide bonds. The summed E-state index contributed by atoms with van der Waals surface area (Å²) in [6.07, 6.45) is 0. The van der Waals surface area contributed by atoms with Crippen molar-refractivity contribution < 1.29 is 9.36 Å². The minimum atomic E-state index is 0. The molecule has 25 heavy (non-hydrogen) atoms. The highest BCUT2D eigenvalue weighted by atomic mass is 79.9. The summed E-state index contributed by atoms with van der Waals surface area (Å²) in [4.78, 5) is 12.6. The van der Waals surface area contributed by atoms with Crippen LogP contribution >= 0.6 is 17.0 Å². The summed E-state index contributed by atoms with van der Waals surface area (Å²) in [5, 5.41) is 0. The topological polar surface area (TPSA) is 20.9 Å². The van der Waals surface area contributed by atoms with E-state index in [1.165, 1.54) is 5.56 Å². The molecule has 0 atom stereocenters. The summed E-state index contributed by atoms with van der Waals surface area (Å²) in [7, 11) is 0. The molecule has 0 N–H and O–H groups in total. The summed E-state index contributed by atoms with van der Waals surface area (Å²) in [6.45, 7) is 6.55. The fourth-order valence-corrected chi connectivity index (χ4v) is 3.10. The van der Waals surface area contributed by atoms with Gasteiger partial charge >= 0.3 is 0 Å². The predicted molar refractivity (Wildman–Crippen MR) is 107 cm³/mol. The number of Topliss-reactive ketones (excluding diaryl/α,β-unsaturated/α-hetero) is 1. The summed E-state index contributed by atoms with van der Waals surface area (Å²) < 4.78 is 2.07. The monoisotopic (exact) mass is 396 g/mol. The number of carbonyl (C=O) groups is 1. The van der Waals surface area contributed by atoms with E-state index in [0.717, 1.165) is 28.1 Å². The van der Waals surface area contributed by atoms with Gasteiger partial charge in [0.25, 0.3) is 0 Å². The molecule has 0 saturated carbocycles. The second kappa shape index (κ2) is 8.21. The quantitative estimate of drug-likeness (QED) is 0.447. The molecule has 1 heterocycles. The van der Waals surface area contributed by atoms with Crippen LogP contribution < -0.4 is 4.57 Å². The zero-order chi connectivity index (χ0) is 17.1. The lowest BCUT2D eigenvalue weighted by Crippen LogP contribution is -2.43. The van der Waals surface area contributed by atoms with Crippen molar-refractivity contribution in [3.05, 3.63) is 89.2 Å². The number of rotatable bonds is 4. The molecular formula is C22H23BrNO+. The first-order valence-electron chi connectivity index (χ1n) is 8.21. The molecule has 1 aromatic heterocycles. The molecule has 3 rings (SSSR count). The number of aryl methyl sites for hydroxylation is 3. The molecule has 0 bridgehead atoms. The van der Waals surface area contributed by atoms with E-state index in [4.69, 9.17) is 0 Å². The maximum absolute atomic E-state index is 12.6. The molecule has 2 nitrogen and oxygen atoms in total. The van der Waals surface area contributed by atoms with E-state index in [1.807, 2.05) is 56.3 Å². The van der Waals surface area contributed by atoms with Gasteiger partial charge in [0.15, 0.2) is 11.4 Å². The lowest BCUT2D eigenvalue weighted by Gasteiger charge is -2.06. The zero-order valence-corrected chi connectivity index (χ0v) is 16.5. The number of aromatic nitrogens is 1. The Morgan fingerprint density at radius 3 is 1.88 bits per heavy atom. The van der Waals surface area contributed by atoms with Crippen molar-refractivity contribution in [3.63, 3.8) is 0 Å². The number of hydrogen-bond acceptors (Lipinski definition) is 1. The van der Waals surface area contributed by atoms with E-state index in [1.54, 1.807) is 0 Å². The summed E-state index contributed by atoms with van der Waals surface area (Å²) in [5.74, 6) is 0.134. The molecule has 2 aromatic carbocycles. The molecule has 0 saturated heterocycles. The lowest BCUT2D eigenvalue weighted by molar-refractivity contribution is -0.695.